The lowest BCUT2D eigenvalue weighted by Gasteiger charge is -2.17. The number of urea groups is 1. The Labute approximate surface area is 151 Å². The van der Waals surface area contributed by atoms with Crippen LogP contribution in [0.4, 0.5) is 15.5 Å². The molecular weight excluding hydrogens is 338 g/mol. The zero-order valence-corrected chi connectivity index (χ0v) is 15.1. The van der Waals surface area contributed by atoms with E-state index in [1.807, 2.05) is 32.0 Å². The van der Waals surface area contributed by atoms with Crippen molar-refractivity contribution in [3.8, 4) is 0 Å². The van der Waals surface area contributed by atoms with Gasteiger partial charge >= 0.3 is 6.03 Å². The number of carbonyl (C=O) groups is 2. The maximum absolute atomic E-state index is 12.2. The van der Waals surface area contributed by atoms with Crippen molar-refractivity contribution in [1.29, 1.82) is 0 Å². The number of para-hydroxylation sites is 1. The van der Waals surface area contributed by atoms with E-state index in [1.54, 1.807) is 24.3 Å². The molecule has 134 valence electrons. The van der Waals surface area contributed by atoms with Crippen LogP contribution in [0.5, 0.6) is 0 Å². The number of aliphatic hydroxyl groups excluding tert-OH is 1. The third-order valence-electron chi connectivity index (χ3n) is 3.41. The zero-order chi connectivity index (χ0) is 18.2. The topological polar surface area (TPSA) is 90.5 Å². The molecule has 4 N–H and O–H groups in total. The van der Waals surface area contributed by atoms with Crippen molar-refractivity contribution in [2.75, 3.05) is 17.2 Å². The largest absolute Gasteiger partial charge is 0.394 e. The van der Waals surface area contributed by atoms with Crippen LogP contribution in [-0.4, -0.2) is 29.7 Å². The van der Waals surface area contributed by atoms with Crippen molar-refractivity contribution >= 4 is 34.0 Å². The molecule has 6 nitrogen and oxygen atoms in total. The Bertz CT molecular complexity index is 701. The molecule has 1 atom stereocenters. The Morgan fingerprint density at radius 1 is 1.08 bits per heavy atom. The first-order chi connectivity index (χ1) is 12.0. The second-order valence-corrected chi connectivity index (χ2v) is 7.18. The summed E-state index contributed by atoms with van der Waals surface area (Å²) in [5, 5.41) is 18.2. The van der Waals surface area contributed by atoms with E-state index in [4.69, 9.17) is 0 Å². The number of hydrogen-bond acceptors (Lipinski definition) is 4. The third kappa shape index (κ3) is 6.21. The van der Waals surface area contributed by atoms with Crippen LogP contribution in [0.25, 0.3) is 0 Å². The average molecular weight is 361 g/mol. The molecule has 7 heteroatoms. The Morgan fingerprint density at radius 3 is 2.44 bits per heavy atom. The molecule has 2 rings (SSSR count). The Morgan fingerprint density at radius 2 is 1.80 bits per heavy atom. The Balaban J connectivity index is 1.90. The predicted octanol–water partition coefficient (Wildman–Crippen LogP) is 3.53. The lowest BCUT2D eigenvalue weighted by molar-refractivity contribution is 0.0912. The van der Waals surface area contributed by atoms with Crippen LogP contribution in [0.15, 0.2) is 42.5 Å². The number of amides is 3. The molecule has 0 aliphatic rings. The molecule has 0 spiro atoms. The number of nitrogens with one attached hydrogen (secondary N) is 3. The highest BCUT2D eigenvalue weighted by atomic mass is 32.1. The van der Waals surface area contributed by atoms with E-state index < -0.39 is 0 Å². The highest BCUT2D eigenvalue weighted by Gasteiger charge is 2.16. The van der Waals surface area contributed by atoms with Gasteiger partial charge in [-0.25, -0.2) is 4.79 Å². The molecule has 2 aromatic rings. The average Bonchev–Trinajstić information content (AvgIpc) is 3.03. The lowest BCUT2D eigenvalue weighted by Crippen LogP contribution is -2.38. The smallest absolute Gasteiger partial charge is 0.324 e. The fourth-order valence-electron chi connectivity index (χ4n) is 2.33. The summed E-state index contributed by atoms with van der Waals surface area (Å²) in [6.45, 7) is 3.97. The summed E-state index contributed by atoms with van der Waals surface area (Å²) < 4.78 is 0. The van der Waals surface area contributed by atoms with Gasteiger partial charge in [0.05, 0.1) is 22.5 Å². The molecule has 0 saturated carbocycles. The van der Waals surface area contributed by atoms with Gasteiger partial charge in [-0.3, -0.25) is 10.1 Å². The highest BCUT2D eigenvalue weighted by Crippen LogP contribution is 2.22. The van der Waals surface area contributed by atoms with E-state index in [-0.39, 0.29) is 24.6 Å². The van der Waals surface area contributed by atoms with Gasteiger partial charge in [0.1, 0.15) is 0 Å². The minimum atomic E-state index is -0.368. The van der Waals surface area contributed by atoms with E-state index in [0.717, 1.165) is 0 Å². The maximum atomic E-state index is 12.2. The molecule has 0 unspecified atom stereocenters. The lowest BCUT2D eigenvalue weighted by atomic mass is 10.0. The molecule has 0 fully saturated rings. The van der Waals surface area contributed by atoms with Crippen LogP contribution >= 0.6 is 11.3 Å². The quantitative estimate of drug-likeness (QED) is 0.608. The molecule has 1 aromatic heterocycles. The summed E-state index contributed by atoms with van der Waals surface area (Å²) in [6, 6.07) is 11.8. The molecule has 1 heterocycles. The molecule has 0 aliphatic heterocycles. The van der Waals surface area contributed by atoms with E-state index in [2.05, 4.69) is 16.0 Å². The van der Waals surface area contributed by atoms with Gasteiger partial charge in [-0.05, 0) is 36.6 Å². The van der Waals surface area contributed by atoms with Crippen molar-refractivity contribution in [3.63, 3.8) is 0 Å². The fraction of sp³-hybridized carbons (Fsp3) is 0.333. The van der Waals surface area contributed by atoms with Gasteiger partial charge in [0.25, 0.3) is 5.91 Å². The van der Waals surface area contributed by atoms with Crippen LogP contribution in [0, 0.1) is 5.92 Å². The fourth-order valence-corrected chi connectivity index (χ4v) is 3.13. The van der Waals surface area contributed by atoms with Crippen molar-refractivity contribution in [2.45, 2.75) is 26.3 Å². The molecule has 1 aromatic carbocycles. The molecule has 25 heavy (non-hydrogen) atoms. The number of rotatable bonds is 7. The maximum Gasteiger partial charge on any atom is 0.324 e. The molecule has 3 amide bonds. The minimum absolute atomic E-state index is 0.0973. The second kappa shape index (κ2) is 9.19. The van der Waals surface area contributed by atoms with Gasteiger partial charge in [-0.15, -0.1) is 11.3 Å². The summed E-state index contributed by atoms with van der Waals surface area (Å²) in [7, 11) is 0. The van der Waals surface area contributed by atoms with Gasteiger partial charge in [0.15, 0.2) is 0 Å². The van der Waals surface area contributed by atoms with Crippen LogP contribution in [0.2, 0.25) is 0 Å². The van der Waals surface area contributed by atoms with Gasteiger partial charge < -0.3 is 15.7 Å². The first kappa shape index (κ1) is 19.0. The summed E-state index contributed by atoms with van der Waals surface area (Å²) >= 11 is 1.19. The van der Waals surface area contributed by atoms with E-state index in [9.17, 15) is 14.7 Å². The van der Waals surface area contributed by atoms with Crippen molar-refractivity contribution in [3.05, 3.63) is 47.3 Å². The molecular formula is C18H23N3O3S. The number of benzene rings is 1. The van der Waals surface area contributed by atoms with Crippen LogP contribution in [-0.2, 0) is 0 Å². The summed E-state index contributed by atoms with van der Waals surface area (Å²) in [6.07, 6.45) is 0.707. The molecule has 0 aliphatic carbocycles. The van der Waals surface area contributed by atoms with Crippen LogP contribution < -0.4 is 16.0 Å². The number of thiophene rings is 1. The number of aliphatic hydroxyl groups is 1. The van der Waals surface area contributed by atoms with Crippen molar-refractivity contribution in [1.82, 2.24) is 5.32 Å². The standard InChI is InChI=1S/C18H23N3O3S/c1-12(2)10-14(11-22)19-17(23)15-8-9-16(25-15)21-18(24)20-13-6-4-3-5-7-13/h3-9,12,14,22H,10-11H2,1-2H3,(H,19,23)(H2,20,21,24)/t14-/m1/s1. The Kier molecular flexibility index (Phi) is 6.97. The number of carbonyl (C=O) groups excluding carboxylic acids is 2. The molecule has 0 saturated heterocycles. The van der Waals surface area contributed by atoms with E-state index >= 15 is 0 Å². The minimum Gasteiger partial charge on any atom is -0.394 e. The Hall–Kier alpha value is -2.38. The number of hydrogen-bond donors (Lipinski definition) is 4. The predicted molar refractivity (Wildman–Crippen MR) is 101 cm³/mol. The first-order valence-corrected chi connectivity index (χ1v) is 8.94. The SMILES string of the molecule is CC(C)C[C@H](CO)NC(=O)c1ccc(NC(=O)Nc2ccccc2)s1. The summed E-state index contributed by atoms with van der Waals surface area (Å²) in [5.41, 5.74) is 0.689. The summed E-state index contributed by atoms with van der Waals surface area (Å²) in [4.78, 5) is 24.7. The van der Waals surface area contributed by atoms with Crippen LogP contribution in [0.1, 0.15) is 29.9 Å². The third-order valence-corrected chi connectivity index (χ3v) is 4.41. The van der Waals surface area contributed by atoms with Gasteiger partial charge in [-0.2, -0.15) is 0 Å². The van der Waals surface area contributed by atoms with Gasteiger partial charge in [0, 0.05) is 5.69 Å². The number of anilines is 2. The van der Waals surface area contributed by atoms with Crippen molar-refractivity contribution < 1.29 is 14.7 Å². The van der Waals surface area contributed by atoms with Crippen molar-refractivity contribution in [2.24, 2.45) is 5.92 Å². The van der Waals surface area contributed by atoms with E-state index in [0.29, 0.717) is 27.9 Å². The zero-order valence-electron chi connectivity index (χ0n) is 14.3. The molecule has 0 radical (unpaired) electrons. The normalized spacial score (nSPS) is 11.8. The van der Waals surface area contributed by atoms with Gasteiger partial charge in [-0.1, -0.05) is 32.0 Å². The highest BCUT2D eigenvalue weighted by molar-refractivity contribution is 7.18. The summed E-state index contributed by atoms with van der Waals surface area (Å²) in [5.74, 6) is 0.126. The van der Waals surface area contributed by atoms with Crippen LogP contribution in [0.3, 0.4) is 0 Å². The first-order valence-electron chi connectivity index (χ1n) is 8.12. The van der Waals surface area contributed by atoms with Gasteiger partial charge in [0.2, 0.25) is 0 Å². The molecule has 0 bridgehead atoms. The van der Waals surface area contributed by atoms with E-state index in [1.165, 1.54) is 11.3 Å². The monoisotopic (exact) mass is 361 g/mol. The second-order valence-electron chi connectivity index (χ2n) is 6.09.